The molecule has 0 fully saturated rings. The maximum absolute atomic E-state index is 11.5. The molecule has 20 heavy (non-hydrogen) atoms. The van der Waals surface area contributed by atoms with E-state index >= 15 is 0 Å². The molecule has 0 aliphatic rings. The van der Waals surface area contributed by atoms with Gasteiger partial charge in [0.05, 0.1) is 18.0 Å². The molecule has 0 radical (unpaired) electrons. The fourth-order valence-corrected chi connectivity index (χ4v) is 1.62. The number of carbonyl (C=O) groups excluding carboxylic acids is 1. The molecule has 1 unspecified atom stereocenters. The minimum atomic E-state index is -0.566. The predicted octanol–water partition coefficient (Wildman–Crippen LogP) is 2.83. The topological polar surface area (TPSA) is 78.7 Å². The number of allylic oxidation sites excluding steroid dienone is 1. The van der Waals surface area contributed by atoms with Gasteiger partial charge in [-0.05, 0) is 25.5 Å². The van der Waals surface area contributed by atoms with E-state index in [2.05, 4.69) is 4.74 Å². The molecule has 0 aliphatic heterocycles. The number of rotatable bonds is 6. The summed E-state index contributed by atoms with van der Waals surface area (Å²) in [6.45, 7) is 3.72. The highest BCUT2D eigenvalue weighted by Gasteiger charge is 2.21. The highest BCUT2D eigenvalue weighted by Crippen LogP contribution is 2.31. The zero-order chi connectivity index (χ0) is 15.1. The van der Waals surface area contributed by atoms with E-state index in [1.807, 2.05) is 6.92 Å². The summed E-state index contributed by atoms with van der Waals surface area (Å²) in [6, 6.07) is 4.46. The van der Waals surface area contributed by atoms with Crippen LogP contribution in [0.15, 0.2) is 30.4 Å². The summed E-state index contributed by atoms with van der Waals surface area (Å²) in [7, 11) is 1.28. The molecule has 6 heteroatoms. The average Bonchev–Trinajstić information content (AvgIpc) is 2.46. The van der Waals surface area contributed by atoms with E-state index in [1.165, 1.54) is 19.2 Å². The van der Waals surface area contributed by atoms with Crippen molar-refractivity contribution < 1.29 is 19.2 Å². The van der Waals surface area contributed by atoms with Crippen LogP contribution >= 0.6 is 0 Å². The average molecular weight is 279 g/mol. The fraction of sp³-hybridized carbons (Fsp3) is 0.357. The normalized spacial score (nSPS) is 12.2. The van der Waals surface area contributed by atoms with Crippen LogP contribution in [0.1, 0.15) is 25.3 Å². The molecular formula is C14H17NO5. The highest BCUT2D eigenvalue weighted by atomic mass is 16.6. The second kappa shape index (κ2) is 7.28. The second-order valence-electron chi connectivity index (χ2n) is 4.11. The summed E-state index contributed by atoms with van der Waals surface area (Å²) < 4.78 is 9.94. The highest BCUT2D eigenvalue weighted by molar-refractivity contribution is 5.78. The quantitative estimate of drug-likeness (QED) is 0.346. The van der Waals surface area contributed by atoms with Crippen LogP contribution < -0.4 is 4.74 Å². The molecule has 0 heterocycles. The molecule has 0 N–H and O–H groups in total. The molecule has 0 spiro atoms. The molecule has 0 saturated carbocycles. The van der Waals surface area contributed by atoms with Crippen LogP contribution in [0.5, 0.6) is 5.75 Å². The monoisotopic (exact) mass is 279 g/mol. The molecule has 1 atom stereocenters. The van der Waals surface area contributed by atoms with Crippen molar-refractivity contribution in [1.82, 2.24) is 0 Å². The van der Waals surface area contributed by atoms with E-state index in [4.69, 9.17) is 4.74 Å². The number of methoxy groups -OCH3 is 1. The Morgan fingerprint density at radius 2 is 2.20 bits per heavy atom. The Kier molecular flexibility index (Phi) is 5.71. The first-order chi connectivity index (χ1) is 9.51. The summed E-state index contributed by atoms with van der Waals surface area (Å²) in [5.74, 6) is -0.834. The third-order valence-electron chi connectivity index (χ3n) is 2.81. The molecule has 0 amide bonds. The number of benzene rings is 1. The Hall–Kier alpha value is -2.37. The third-order valence-corrected chi connectivity index (χ3v) is 2.81. The first-order valence-electron chi connectivity index (χ1n) is 6.11. The van der Waals surface area contributed by atoms with Crippen molar-refractivity contribution in [2.75, 3.05) is 13.7 Å². The van der Waals surface area contributed by atoms with Crippen LogP contribution in [0.3, 0.4) is 0 Å². The van der Waals surface area contributed by atoms with Gasteiger partial charge in [0.25, 0.3) is 0 Å². The smallest absolute Gasteiger partial charge is 0.312 e. The first-order valence-corrected chi connectivity index (χ1v) is 6.11. The fourth-order valence-electron chi connectivity index (χ4n) is 1.62. The zero-order valence-electron chi connectivity index (χ0n) is 11.7. The largest absolute Gasteiger partial charge is 0.483 e. The van der Waals surface area contributed by atoms with Crippen molar-refractivity contribution in [3.63, 3.8) is 0 Å². The van der Waals surface area contributed by atoms with Crippen molar-refractivity contribution in [3.8, 4) is 5.75 Å². The molecule has 108 valence electrons. The maximum Gasteiger partial charge on any atom is 0.312 e. The number of hydrogen-bond acceptors (Lipinski definition) is 5. The number of ether oxygens (including phenoxy) is 2. The molecule has 0 saturated heterocycles. The molecule has 1 aromatic carbocycles. The van der Waals surface area contributed by atoms with Gasteiger partial charge in [0.1, 0.15) is 6.61 Å². The van der Waals surface area contributed by atoms with Gasteiger partial charge in [-0.25, -0.2) is 0 Å². The Balaban J connectivity index is 3.06. The summed E-state index contributed by atoms with van der Waals surface area (Å²) in [5.41, 5.74) is 0.352. The van der Waals surface area contributed by atoms with E-state index in [0.29, 0.717) is 5.56 Å². The number of esters is 1. The van der Waals surface area contributed by atoms with Gasteiger partial charge in [0.2, 0.25) is 0 Å². The Bertz CT molecular complexity index is 524. The minimum Gasteiger partial charge on any atom is -0.483 e. The van der Waals surface area contributed by atoms with Gasteiger partial charge in [-0.2, -0.15) is 0 Å². The first kappa shape index (κ1) is 15.7. The summed E-state index contributed by atoms with van der Waals surface area (Å²) in [5, 5.41) is 11.1. The SMILES string of the molecule is C/C=C/COc1ccc(C(C)C(=O)OC)cc1[N+](=O)[O-]. The lowest BCUT2D eigenvalue weighted by Crippen LogP contribution is -2.11. The summed E-state index contributed by atoms with van der Waals surface area (Å²) in [6.07, 6.45) is 3.54. The van der Waals surface area contributed by atoms with Crippen molar-refractivity contribution in [3.05, 3.63) is 46.0 Å². The van der Waals surface area contributed by atoms with Crippen LogP contribution in [-0.2, 0) is 9.53 Å². The van der Waals surface area contributed by atoms with Gasteiger partial charge >= 0.3 is 11.7 Å². The zero-order valence-corrected chi connectivity index (χ0v) is 11.7. The lowest BCUT2D eigenvalue weighted by Gasteiger charge is -2.11. The third kappa shape index (κ3) is 3.81. The van der Waals surface area contributed by atoms with Crippen LogP contribution in [0.2, 0.25) is 0 Å². The van der Waals surface area contributed by atoms with Crippen molar-refractivity contribution in [2.45, 2.75) is 19.8 Å². The molecule has 0 bridgehead atoms. The Morgan fingerprint density at radius 1 is 1.50 bits per heavy atom. The number of carbonyl (C=O) groups is 1. The van der Waals surface area contributed by atoms with E-state index in [1.54, 1.807) is 25.1 Å². The van der Waals surface area contributed by atoms with Gasteiger partial charge in [-0.1, -0.05) is 18.2 Å². The van der Waals surface area contributed by atoms with Crippen LogP contribution in [0.25, 0.3) is 0 Å². The summed E-state index contributed by atoms with van der Waals surface area (Å²) in [4.78, 5) is 22.0. The lowest BCUT2D eigenvalue weighted by atomic mass is 10.0. The van der Waals surface area contributed by atoms with Gasteiger partial charge in [-0.3, -0.25) is 14.9 Å². The van der Waals surface area contributed by atoms with Gasteiger partial charge in [-0.15, -0.1) is 0 Å². The molecule has 6 nitrogen and oxygen atoms in total. The van der Waals surface area contributed by atoms with Crippen LogP contribution in [0, 0.1) is 10.1 Å². The molecule has 1 rings (SSSR count). The maximum atomic E-state index is 11.5. The molecule has 1 aromatic rings. The van der Waals surface area contributed by atoms with E-state index in [-0.39, 0.29) is 18.0 Å². The minimum absolute atomic E-state index is 0.164. The Morgan fingerprint density at radius 3 is 2.75 bits per heavy atom. The van der Waals surface area contributed by atoms with Crippen LogP contribution in [0.4, 0.5) is 5.69 Å². The van der Waals surface area contributed by atoms with E-state index in [9.17, 15) is 14.9 Å². The van der Waals surface area contributed by atoms with Crippen molar-refractivity contribution in [2.24, 2.45) is 0 Å². The number of hydrogen-bond donors (Lipinski definition) is 0. The van der Waals surface area contributed by atoms with E-state index < -0.39 is 16.8 Å². The Labute approximate surface area is 117 Å². The molecule has 0 aliphatic carbocycles. The van der Waals surface area contributed by atoms with Crippen molar-refractivity contribution >= 4 is 11.7 Å². The van der Waals surface area contributed by atoms with Gasteiger partial charge in [0, 0.05) is 6.07 Å². The second-order valence-corrected chi connectivity index (χ2v) is 4.11. The van der Waals surface area contributed by atoms with Gasteiger partial charge in [0.15, 0.2) is 5.75 Å². The standard InChI is InChI=1S/C14H17NO5/c1-4-5-8-20-13-7-6-11(9-12(13)15(17)18)10(2)14(16)19-3/h4-7,9-10H,8H2,1-3H3/b5-4+. The predicted molar refractivity (Wildman–Crippen MR) is 73.8 cm³/mol. The number of nitro groups is 1. The van der Waals surface area contributed by atoms with Crippen LogP contribution in [-0.4, -0.2) is 24.6 Å². The molecular weight excluding hydrogens is 262 g/mol. The molecule has 0 aromatic heterocycles. The van der Waals surface area contributed by atoms with Gasteiger partial charge < -0.3 is 9.47 Å². The number of nitrogens with zero attached hydrogens (tertiary/aromatic N) is 1. The van der Waals surface area contributed by atoms with Crippen molar-refractivity contribution in [1.29, 1.82) is 0 Å². The number of nitro benzene ring substituents is 1. The lowest BCUT2D eigenvalue weighted by molar-refractivity contribution is -0.385. The van der Waals surface area contributed by atoms with E-state index in [0.717, 1.165) is 0 Å². The summed E-state index contributed by atoms with van der Waals surface area (Å²) >= 11 is 0.